The molecule has 1 saturated heterocycles. The molecular weight excluding hydrogens is 160 g/mol. The highest BCUT2D eigenvalue weighted by molar-refractivity contribution is 4.87. The molecule has 0 saturated carbocycles. The Bertz CT molecular complexity index is 157. The van der Waals surface area contributed by atoms with Gasteiger partial charge in [-0.1, -0.05) is 5.57 Å². The van der Waals surface area contributed by atoms with Gasteiger partial charge in [0.1, 0.15) is 0 Å². The van der Waals surface area contributed by atoms with Crippen molar-refractivity contribution in [3.05, 3.63) is 12.2 Å². The molecule has 13 heavy (non-hydrogen) atoms. The van der Waals surface area contributed by atoms with Crippen LogP contribution in [0.2, 0.25) is 0 Å². The van der Waals surface area contributed by atoms with E-state index in [0.29, 0.717) is 0 Å². The lowest BCUT2D eigenvalue weighted by atomic mass is 10.2. The highest BCUT2D eigenvalue weighted by atomic mass is 15.2. The van der Waals surface area contributed by atoms with Crippen molar-refractivity contribution in [3.8, 4) is 0 Å². The summed E-state index contributed by atoms with van der Waals surface area (Å²) in [5, 5.41) is 0. The summed E-state index contributed by atoms with van der Waals surface area (Å²) in [4.78, 5) is 4.96. The van der Waals surface area contributed by atoms with E-state index < -0.39 is 0 Å². The number of allylic oxidation sites excluding steroid dienone is 1. The molecule has 0 aromatic heterocycles. The van der Waals surface area contributed by atoms with Gasteiger partial charge in [0, 0.05) is 26.2 Å². The molecule has 0 N–H and O–H groups in total. The summed E-state index contributed by atoms with van der Waals surface area (Å²) in [5.74, 6) is 0. The fourth-order valence-corrected chi connectivity index (χ4v) is 1.68. The van der Waals surface area contributed by atoms with Crippen molar-refractivity contribution in [2.75, 3.05) is 39.8 Å². The predicted molar refractivity (Wildman–Crippen MR) is 58.0 cm³/mol. The number of piperazine rings is 1. The minimum atomic E-state index is 1.19. The third-order valence-corrected chi connectivity index (χ3v) is 2.67. The van der Waals surface area contributed by atoms with Crippen molar-refractivity contribution in [2.45, 2.75) is 19.8 Å². The Labute approximate surface area is 82.2 Å². The molecule has 0 bridgehead atoms. The van der Waals surface area contributed by atoms with E-state index in [1.54, 1.807) is 0 Å². The van der Waals surface area contributed by atoms with Gasteiger partial charge in [0.15, 0.2) is 0 Å². The van der Waals surface area contributed by atoms with Gasteiger partial charge in [-0.15, -0.1) is 6.58 Å². The molecule has 2 heteroatoms. The molecule has 1 heterocycles. The number of likely N-dealkylation sites (N-methyl/N-ethyl adjacent to an activating group) is 1. The fourth-order valence-electron chi connectivity index (χ4n) is 1.68. The Balaban J connectivity index is 2.05. The van der Waals surface area contributed by atoms with E-state index >= 15 is 0 Å². The molecule has 0 spiro atoms. The summed E-state index contributed by atoms with van der Waals surface area (Å²) in [6.07, 6.45) is 2.46. The maximum atomic E-state index is 3.92. The van der Waals surface area contributed by atoms with Crippen LogP contribution in [0.5, 0.6) is 0 Å². The van der Waals surface area contributed by atoms with Gasteiger partial charge in [-0.25, -0.2) is 0 Å². The first-order valence-electron chi connectivity index (χ1n) is 5.24. The van der Waals surface area contributed by atoms with E-state index in [0.717, 1.165) is 0 Å². The topological polar surface area (TPSA) is 6.48 Å². The fraction of sp³-hybridized carbons (Fsp3) is 0.818. The molecule has 0 aromatic rings. The first kappa shape index (κ1) is 10.7. The van der Waals surface area contributed by atoms with Crippen LogP contribution in [-0.2, 0) is 0 Å². The summed E-state index contributed by atoms with van der Waals surface area (Å²) >= 11 is 0. The van der Waals surface area contributed by atoms with Crippen molar-refractivity contribution >= 4 is 0 Å². The predicted octanol–water partition coefficient (Wildman–Crippen LogP) is 1.59. The van der Waals surface area contributed by atoms with E-state index in [1.165, 1.54) is 51.1 Å². The van der Waals surface area contributed by atoms with Gasteiger partial charge in [0.05, 0.1) is 0 Å². The van der Waals surface area contributed by atoms with E-state index in [9.17, 15) is 0 Å². The molecule has 0 aromatic carbocycles. The minimum Gasteiger partial charge on any atom is -0.304 e. The molecule has 1 aliphatic heterocycles. The Morgan fingerprint density at radius 3 is 2.38 bits per heavy atom. The van der Waals surface area contributed by atoms with Crippen LogP contribution < -0.4 is 0 Å². The van der Waals surface area contributed by atoms with Crippen LogP contribution in [0.3, 0.4) is 0 Å². The lowest BCUT2D eigenvalue weighted by Gasteiger charge is -2.32. The van der Waals surface area contributed by atoms with Crippen LogP contribution in [0.25, 0.3) is 0 Å². The maximum absolute atomic E-state index is 3.92. The third kappa shape index (κ3) is 4.44. The second kappa shape index (κ2) is 5.40. The lowest BCUT2D eigenvalue weighted by molar-refractivity contribution is 0.153. The summed E-state index contributed by atoms with van der Waals surface area (Å²) in [7, 11) is 2.20. The van der Waals surface area contributed by atoms with E-state index in [4.69, 9.17) is 0 Å². The average Bonchev–Trinajstić information content (AvgIpc) is 2.08. The number of hydrogen-bond donors (Lipinski definition) is 0. The maximum Gasteiger partial charge on any atom is 0.0110 e. The molecule has 1 aliphatic rings. The summed E-state index contributed by atoms with van der Waals surface area (Å²) in [5.41, 5.74) is 1.31. The molecule has 2 nitrogen and oxygen atoms in total. The van der Waals surface area contributed by atoms with Crippen molar-refractivity contribution in [3.63, 3.8) is 0 Å². The van der Waals surface area contributed by atoms with Gasteiger partial charge in [0.2, 0.25) is 0 Å². The zero-order valence-corrected chi connectivity index (χ0v) is 9.05. The van der Waals surface area contributed by atoms with Gasteiger partial charge in [-0.3, -0.25) is 0 Å². The largest absolute Gasteiger partial charge is 0.304 e. The number of hydrogen-bond acceptors (Lipinski definition) is 2. The second-order valence-electron chi connectivity index (χ2n) is 4.21. The van der Waals surface area contributed by atoms with Gasteiger partial charge in [-0.2, -0.15) is 0 Å². The van der Waals surface area contributed by atoms with Crippen LogP contribution in [0.15, 0.2) is 12.2 Å². The van der Waals surface area contributed by atoms with Gasteiger partial charge in [0.25, 0.3) is 0 Å². The van der Waals surface area contributed by atoms with Crippen molar-refractivity contribution < 1.29 is 0 Å². The van der Waals surface area contributed by atoms with Crippen LogP contribution in [-0.4, -0.2) is 49.6 Å². The number of nitrogens with zero attached hydrogens (tertiary/aromatic N) is 2. The average molecular weight is 182 g/mol. The molecule has 0 aliphatic carbocycles. The van der Waals surface area contributed by atoms with Gasteiger partial charge >= 0.3 is 0 Å². The summed E-state index contributed by atoms with van der Waals surface area (Å²) in [6, 6.07) is 0. The SMILES string of the molecule is C=C(C)CCCN1CCN(C)CC1. The summed E-state index contributed by atoms with van der Waals surface area (Å²) in [6.45, 7) is 12.2. The lowest BCUT2D eigenvalue weighted by Crippen LogP contribution is -2.44. The Hall–Kier alpha value is -0.340. The van der Waals surface area contributed by atoms with Crippen LogP contribution in [0.4, 0.5) is 0 Å². The molecular formula is C11H22N2. The van der Waals surface area contributed by atoms with Crippen LogP contribution in [0, 0.1) is 0 Å². The smallest absolute Gasteiger partial charge is 0.0110 e. The van der Waals surface area contributed by atoms with Crippen LogP contribution >= 0.6 is 0 Å². The zero-order chi connectivity index (χ0) is 9.68. The van der Waals surface area contributed by atoms with E-state index in [1.807, 2.05) is 0 Å². The molecule has 0 atom stereocenters. The van der Waals surface area contributed by atoms with Gasteiger partial charge in [-0.05, 0) is 33.4 Å². The second-order valence-corrected chi connectivity index (χ2v) is 4.21. The van der Waals surface area contributed by atoms with Crippen molar-refractivity contribution in [1.29, 1.82) is 0 Å². The third-order valence-electron chi connectivity index (χ3n) is 2.67. The summed E-state index contributed by atoms with van der Waals surface area (Å²) < 4.78 is 0. The zero-order valence-electron chi connectivity index (χ0n) is 9.05. The highest BCUT2D eigenvalue weighted by Crippen LogP contribution is 2.04. The van der Waals surface area contributed by atoms with E-state index in [-0.39, 0.29) is 0 Å². The van der Waals surface area contributed by atoms with Gasteiger partial charge < -0.3 is 9.80 Å². The first-order valence-corrected chi connectivity index (χ1v) is 5.24. The Kier molecular flexibility index (Phi) is 4.46. The van der Waals surface area contributed by atoms with E-state index in [2.05, 4.69) is 30.4 Å². The quantitative estimate of drug-likeness (QED) is 0.609. The molecule has 76 valence electrons. The normalized spacial score (nSPS) is 20.5. The molecule has 0 amide bonds. The molecule has 1 fully saturated rings. The monoisotopic (exact) mass is 182 g/mol. The Morgan fingerprint density at radius 2 is 1.85 bits per heavy atom. The first-order chi connectivity index (χ1) is 6.18. The molecule has 1 rings (SSSR count). The molecule has 0 radical (unpaired) electrons. The van der Waals surface area contributed by atoms with Crippen LogP contribution in [0.1, 0.15) is 19.8 Å². The standard InChI is InChI=1S/C11H22N2/c1-11(2)5-4-6-13-9-7-12(3)8-10-13/h1,4-10H2,2-3H3. The highest BCUT2D eigenvalue weighted by Gasteiger charge is 2.12. The molecule has 0 unspecified atom stereocenters. The number of rotatable bonds is 4. The minimum absolute atomic E-state index is 1.19. The van der Waals surface area contributed by atoms with Crippen molar-refractivity contribution in [2.24, 2.45) is 0 Å². The van der Waals surface area contributed by atoms with Crippen molar-refractivity contribution in [1.82, 2.24) is 9.80 Å². The Morgan fingerprint density at radius 1 is 1.23 bits per heavy atom.